The second-order valence-corrected chi connectivity index (χ2v) is 3.38. The molecule has 5 heteroatoms. The third-order valence-corrected chi connectivity index (χ3v) is 2.45. The van der Waals surface area contributed by atoms with E-state index in [9.17, 15) is 4.79 Å². The van der Waals surface area contributed by atoms with Gasteiger partial charge in [-0.2, -0.15) is 0 Å². The Hall–Kier alpha value is -1.39. The molecule has 1 N–H and O–H groups in total. The molecule has 0 spiro atoms. The number of hydrogen-bond donors (Lipinski definition) is 1. The van der Waals surface area contributed by atoms with Crippen LogP contribution in [0, 0.1) is 0 Å². The van der Waals surface area contributed by atoms with Gasteiger partial charge in [0.2, 0.25) is 0 Å². The van der Waals surface area contributed by atoms with Crippen LogP contribution in [-0.2, 0) is 6.42 Å². The van der Waals surface area contributed by atoms with Gasteiger partial charge < -0.3 is 5.11 Å². The molecule has 5 nitrogen and oxygen atoms in total. The summed E-state index contributed by atoms with van der Waals surface area (Å²) in [5, 5.41) is 16.3. The third kappa shape index (κ3) is 1.20. The van der Waals surface area contributed by atoms with E-state index in [-0.39, 0.29) is 11.7 Å². The molecule has 1 aliphatic rings. The van der Waals surface area contributed by atoms with E-state index in [0.717, 1.165) is 25.0 Å². The van der Waals surface area contributed by atoms with E-state index < -0.39 is 5.97 Å². The first-order valence-corrected chi connectivity index (χ1v) is 4.37. The van der Waals surface area contributed by atoms with E-state index in [4.69, 9.17) is 5.11 Å². The smallest absolute Gasteiger partial charge is 0.358 e. The Kier molecular flexibility index (Phi) is 1.79. The molecular weight excluding hydrogens is 170 g/mol. The van der Waals surface area contributed by atoms with Crippen molar-refractivity contribution in [3.8, 4) is 0 Å². The van der Waals surface area contributed by atoms with E-state index in [2.05, 4.69) is 10.3 Å². The lowest BCUT2D eigenvalue weighted by Gasteiger charge is -2.19. The molecule has 0 aliphatic carbocycles. The van der Waals surface area contributed by atoms with Gasteiger partial charge in [0.15, 0.2) is 5.69 Å². The summed E-state index contributed by atoms with van der Waals surface area (Å²) < 4.78 is 1.73. The van der Waals surface area contributed by atoms with Crippen molar-refractivity contribution in [3.05, 3.63) is 11.4 Å². The first-order chi connectivity index (χ1) is 6.20. The summed E-state index contributed by atoms with van der Waals surface area (Å²) in [6, 6.07) is 0.282. The van der Waals surface area contributed by atoms with Crippen molar-refractivity contribution in [2.24, 2.45) is 0 Å². The van der Waals surface area contributed by atoms with Gasteiger partial charge in [0.05, 0.1) is 11.7 Å². The quantitative estimate of drug-likeness (QED) is 0.698. The minimum Gasteiger partial charge on any atom is -0.476 e. The predicted octanol–water partition coefficient (Wildman–Crippen LogP) is 0.874. The van der Waals surface area contributed by atoms with Crippen molar-refractivity contribution in [1.82, 2.24) is 15.0 Å². The monoisotopic (exact) mass is 181 g/mol. The van der Waals surface area contributed by atoms with Crippen LogP contribution >= 0.6 is 0 Å². The van der Waals surface area contributed by atoms with E-state index in [0.29, 0.717) is 0 Å². The highest BCUT2D eigenvalue weighted by Gasteiger charge is 2.24. The molecule has 13 heavy (non-hydrogen) atoms. The summed E-state index contributed by atoms with van der Waals surface area (Å²) in [6.07, 6.45) is 2.85. The molecule has 1 unspecified atom stereocenters. The zero-order valence-electron chi connectivity index (χ0n) is 7.40. The molecule has 0 saturated carbocycles. The molecule has 0 saturated heterocycles. The zero-order valence-corrected chi connectivity index (χ0v) is 7.40. The van der Waals surface area contributed by atoms with Gasteiger partial charge in [-0.15, -0.1) is 5.10 Å². The summed E-state index contributed by atoms with van der Waals surface area (Å²) in [5.41, 5.74) is 0.887. The number of fused-ring (bicyclic) bond motifs is 1. The SMILES string of the molecule is CC1CCCc2c(C(=O)O)nnn21. The zero-order chi connectivity index (χ0) is 9.42. The molecule has 2 rings (SSSR count). The molecule has 70 valence electrons. The fourth-order valence-corrected chi connectivity index (χ4v) is 1.75. The van der Waals surface area contributed by atoms with E-state index in [1.165, 1.54) is 0 Å². The Morgan fingerprint density at radius 3 is 3.15 bits per heavy atom. The minimum absolute atomic E-state index is 0.117. The number of carboxylic acids is 1. The number of aromatic carboxylic acids is 1. The fraction of sp³-hybridized carbons (Fsp3) is 0.625. The lowest BCUT2D eigenvalue weighted by molar-refractivity contribution is 0.0689. The molecule has 1 aliphatic heterocycles. The second kappa shape index (κ2) is 2.83. The fourth-order valence-electron chi connectivity index (χ4n) is 1.75. The van der Waals surface area contributed by atoms with E-state index >= 15 is 0 Å². The average molecular weight is 181 g/mol. The summed E-state index contributed by atoms with van der Waals surface area (Å²) >= 11 is 0. The van der Waals surface area contributed by atoms with Crippen LogP contribution in [0.2, 0.25) is 0 Å². The first-order valence-electron chi connectivity index (χ1n) is 4.37. The Bertz CT molecular complexity index is 345. The normalized spacial score (nSPS) is 21.2. The van der Waals surface area contributed by atoms with Gasteiger partial charge >= 0.3 is 5.97 Å². The third-order valence-electron chi connectivity index (χ3n) is 2.45. The van der Waals surface area contributed by atoms with Crippen molar-refractivity contribution >= 4 is 5.97 Å². The molecule has 0 aromatic carbocycles. The molecule has 0 radical (unpaired) electrons. The maximum Gasteiger partial charge on any atom is 0.358 e. The van der Waals surface area contributed by atoms with Gasteiger partial charge in [0.25, 0.3) is 0 Å². The Morgan fingerprint density at radius 1 is 1.69 bits per heavy atom. The lowest BCUT2D eigenvalue weighted by atomic mass is 10.0. The molecule has 1 aromatic rings. The maximum absolute atomic E-state index is 10.7. The summed E-state index contributed by atoms with van der Waals surface area (Å²) in [6.45, 7) is 2.03. The second-order valence-electron chi connectivity index (χ2n) is 3.38. The van der Waals surface area contributed by atoms with Gasteiger partial charge in [-0.1, -0.05) is 5.21 Å². The largest absolute Gasteiger partial charge is 0.476 e. The van der Waals surface area contributed by atoms with Crippen molar-refractivity contribution in [3.63, 3.8) is 0 Å². The van der Waals surface area contributed by atoms with Crippen LogP contribution in [0.4, 0.5) is 0 Å². The standard InChI is InChI=1S/C8H11N3O2/c1-5-3-2-4-6-7(8(12)13)9-10-11(5)6/h5H,2-4H2,1H3,(H,12,13). The summed E-state index contributed by atoms with van der Waals surface area (Å²) in [5.74, 6) is -0.977. The van der Waals surface area contributed by atoms with Crippen molar-refractivity contribution in [2.75, 3.05) is 0 Å². The number of hydrogen-bond acceptors (Lipinski definition) is 3. The van der Waals surface area contributed by atoms with Crippen LogP contribution in [0.3, 0.4) is 0 Å². The molecule has 1 aromatic heterocycles. The maximum atomic E-state index is 10.7. The molecule has 1 atom stereocenters. The highest BCUT2D eigenvalue weighted by atomic mass is 16.4. The van der Waals surface area contributed by atoms with Gasteiger partial charge in [0.1, 0.15) is 0 Å². The molecule has 0 fully saturated rings. The van der Waals surface area contributed by atoms with Crippen LogP contribution in [0.5, 0.6) is 0 Å². The topological polar surface area (TPSA) is 68.0 Å². The number of nitrogens with zero attached hydrogens (tertiary/aromatic N) is 3. The number of carbonyl (C=O) groups is 1. The molecule has 2 heterocycles. The van der Waals surface area contributed by atoms with Gasteiger partial charge in [-0.05, 0) is 26.2 Å². The molecule has 0 bridgehead atoms. The minimum atomic E-state index is -0.977. The van der Waals surface area contributed by atoms with Crippen LogP contribution in [0.15, 0.2) is 0 Å². The number of aromatic nitrogens is 3. The Morgan fingerprint density at radius 2 is 2.46 bits per heavy atom. The highest BCUT2D eigenvalue weighted by molar-refractivity contribution is 5.86. The van der Waals surface area contributed by atoms with Crippen molar-refractivity contribution in [2.45, 2.75) is 32.2 Å². The van der Waals surface area contributed by atoms with Crippen LogP contribution in [-0.4, -0.2) is 26.1 Å². The Balaban J connectivity index is 2.47. The average Bonchev–Trinajstić information content (AvgIpc) is 2.48. The number of carboxylic acid groups (broad SMARTS) is 1. The van der Waals surface area contributed by atoms with Crippen LogP contribution in [0.1, 0.15) is 42.0 Å². The van der Waals surface area contributed by atoms with Crippen LogP contribution in [0.25, 0.3) is 0 Å². The summed E-state index contributed by atoms with van der Waals surface area (Å²) in [7, 11) is 0. The number of rotatable bonds is 1. The van der Waals surface area contributed by atoms with Crippen LogP contribution < -0.4 is 0 Å². The van der Waals surface area contributed by atoms with Gasteiger partial charge in [-0.3, -0.25) is 0 Å². The Labute approximate surface area is 75.4 Å². The van der Waals surface area contributed by atoms with Gasteiger partial charge in [-0.25, -0.2) is 9.48 Å². The lowest BCUT2D eigenvalue weighted by Crippen LogP contribution is -2.17. The van der Waals surface area contributed by atoms with Crippen molar-refractivity contribution < 1.29 is 9.90 Å². The van der Waals surface area contributed by atoms with Crippen molar-refractivity contribution in [1.29, 1.82) is 0 Å². The van der Waals surface area contributed by atoms with E-state index in [1.54, 1.807) is 4.68 Å². The predicted molar refractivity (Wildman–Crippen MR) is 44.6 cm³/mol. The van der Waals surface area contributed by atoms with Gasteiger partial charge in [0, 0.05) is 0 Å². The first kappa shape index (κ1) is 8.22. The van der Waals surface area contributed by atoms with E-state index in [1.807, 2.05) is 6.92 Å². The molecular formula is C8H11N3O2. The molecule has 0 amide bonds. The highest BCUT2D eigenvalue weighted by Crippen LogP contribution is 2.24. The summed E-state index contributed by atoms with van der Waals surface area (Å²) in [4.78, 5) is 10.7.